The van der Waals surface area contributed by atoms with E-state index in [9.17, 15) is 28.8 Å². The molecule has 0 spiro atoms. The first kappa shape index (κ1) is 22.1. The van der Waals surface area contributed by atoms with E-state index >= 15 is 0 Å². The Kier molecular flexibility index (Phi) is 5.78. The van der Waals surface area contributed by atoms with E-state index in [4.69, 9.17) is 18.5 Å². The third kappa shape index (κ3) is 4.44. The summed E-state index contributed by atoms with van der Waals surface area (Å²) in [5.74, 6) is -0.157. The van der Waals surface area contributed by atoms with Gasteiger partial charge in [0.25, 0.3) is 5.08 Å². The van der Waals surface area contributed by atoms with E-state index < -0.39 is 39.1 Å². The van der Waals surface area contributed by atoms with Gasteiger partial charge in [-0.2, -0.15) is 0 Å². The maximum atomic E-state index is 12.9. The molecule has 166 valence electrons. The van der Waals surface area contributed by atoms with Crippen molar-refractivity contribution in [3.05, 3.63) is 59.9 Å². The number of carbonyl (C=O) groups excluding carboxylic acids is 1. The second-order valence-corrected chi connectivity index (χ2v) is 11.4. The molecule has 1 aliphatic heterocycles. The van der Waals surface area contributed by atoms with Crippen molar-refractivity contribution in [3.63, 3.8) is 0 Å². The summed E-state index contributed by atoms with van der Waals surface area (Å²) in [4.78, 5) is 36.6. The smallest absolute Gasteiger partial charge is 0.431 e. The van der Waals surface area contributed by atoms with Crippen LogP contribution in [-0.4, -0.2) is 37.2 Å². The summed E-state index contributed by atoms with van der Waals surface area (Å²) < 4.78 is 46.0. The fraction of sp³-hybridized carbons (Fsp3) is 0.333. The van der Waals surface area contributed by atoms with Gasteiger partial charge in [-0.25, -0.2) is 4.79 Å². The first-order chi connectivity index (χ1) is 14.6. The Bertz CT molecular complexity index is 1050. The van der Waals surface area contributed by atoms with E-state index in [2.05, 4.69) is 4.98 Å². The van der Waals surface area contributed by atoms with Gasteiger partial charge in [0.2, 0.25) is 6.29 Å². The van der Waals surface area contributed by atoms with Gasteiger partial charge in [-0.15, -0.1) is 0 Å². The molecule has 2 heterocycles. The van der Waals surface area contributed by atoms with Crippen LogP contribution in [-0.2, 0) is 29.3 Å². The van der Waals surface area contributed by atoms with Gasteiger partial charge in [-0.3, -0.25) is 23.2 Å². The van der Waals surface area contributed by atoms with Crippen molar-refractivity contribution in [2.75, 3.05) is 0 Å². The summed E-state index contributed by atoms with van der Waals surface area (Å²) in [6.45, 7) is 0. The summed E-state index contributed by atoms with van der Waals surface area (Å²) in [5, 5.41) is 7.63. The monoisotopic (exact) mass is 471 g/mol. The van der Waals surface area contributed by atoms with Crippen molar-refractivity contribution in [2.45, 2.75) is 36.7 Å². The van der Waals surface area contributed by atoms with Gasteiger partial charge in [0.05, 0.1) is 5.56 Å². The molecule has 31 heavy (non-hydrogen) atoms. The number of pyridine rings is 1. The number of ether oxygens (including phenoxy) is 2. The summed E-state index contributed by atoms with van der Waals surface area (Å²) in [6, 6.07) is 8.56. The number of aliphatic hydroxyl groups is 1. The molecule has 1 aromatic carbocycles. The Hall–Kier alpha value is -2.10. The van der Waals surface area contributed by atoms with E-state index in [-0.39, 0.29) is 23.0 Å². The molecular formula is C18H19NO10P2. The van der Waals surface area contributed by atoms with Gasteiger partial charge in [0.1, 0.15) is 11.9 Å². The van der Waals surface area contributed by atoms with Crippen LogP contribution >= 0.6 is 15.2 Å². The summed E-state index contributed by atoms with van der Waals surface area (Å²) >= 11 is 0. The lowest BCUT2D eigenvalue weighted by molar-refractivity contribution is -0.0588. The zero-order chi connectivity index (χ0) is 22.3. The van der Waals surface area contributed by atoms with Crippen molar-refractivity contribution in [3.8, 4) is 5.75 Å². The van der Waals surface area contributed by atoms with Crippen molar-refractivity contribution >= 4 is 21.3 Å². The number of para-hydroxylation sites is 1. The van der Waals surface area contributed by atoms with Crippen LogP contribution in [0.15, 0.2) is 48.8 Å². The molecule has 0 radical (unpaired) electrons. The molecule has 2 aromatic rings. The van der Waals surface area contributed by atoms with Crippen molar-refractivity contribution < 1.29 is 47.3 Å². The molecule has 2 fully saturated rings. The SMILES string of the molecule is O=C(Oc1ccccc1C1OP(=O)(O)C(O)(Cc2cccnc2)P(=O)(O)O1)OC1CC1. The van der Waals surface area contributed by atoms with Gasteiger partial charge >= 0.3 is 21.3 Å². The second-order valence-electron chi connectivity index (χ2n) is 7.10. The highest BCUT2D eigenvalue weighted by atomic mass is 31.2. The Labute approximate surface area is 176 Å². The van der Waals surface area contributed by atoms with Gasteiger partial charge in [0.15, 0.2) is 0 Å². The average molecular weight is 471 g/mol. The Morgan fingerprint density at radius 1 is 1.13 bits per heavy atom. The van der Waals surface area contributed by atoms with E-state index in [1.165, 1.54) is 48.8 Å². The molecule has 1 aliphatic carbocycles. The zero-order valence-electron chi connectivity index (χ0n) is 15.9. The fourth-order valence-electron chi connectivity index (χ4n) is 2.90. The highest BCUT2D eigenvalue weighted by Gasteiger charge is 2.67. The van der Waals surface area contributed by atoms with Crippen LogP contribution in [0.3, 0.4) is 0 Å². The number of hydrogen-bond acceptors (Lipinski definition) is 9. The van der Waals surface area contributed by atoms with E-state index in [1.54, 1.807) is 0 Å². The number of rotatable bonds is 5. The molecule has 11 nitrogen and oxygen atoms in total. The zero-order valence-corrected chi connectivity index (χ0v) is 17.7. The standard InChI is InChI=1S/C18H19NO10P2/c20-17(26-13-7-8-13)27-15-6-2-1-5-14(15)16-28-30(22,23)18(21,31(24,25)29-16)10-12-4-3-9-19-11-12/h1-6,9,11,13,16,21H,7-8,10H2,(H,22,23)(H,24,25). The summed E-state index contributed by atoms with van der Waals surface area (Å²) in [6.07, 6.45) is 0.327. The molecule has 4 rings (SSSR count). The molecule has 0 amide bonds. The Morgan fingerprint density at radius 2 is 1.81 bits per heavy atom. The third-order valence-corrected chi connectivity index (χ3v) is 9.30. The molecule has 3 N–H and O–H groups in total. The number of hydrogen-bond donors (Lipinski definition) is 3. The van der Waals surface area contributed by atoms with E-state index in [1.807, 2.05) is 0 Å². The number of benzene rings is 1. The minimum Gasteiger partial charge on any atom is -0.431 e. The van der Waals surface area contributed by atoms with Crippen molar-refractivity contribution in [1.29, 1.82) is 0 Å². The lowest BCUT2D eigenvalue weighted by Crippen LogP contribution is -2.38. The van der Waals surface area contributed by atoms with Gasteiger partial charge in [0, 0.05) is 18.8 Å². The summed E-state index contributed by atoms with van der Waals surface area (Å²) in [7, 11) is -10.3. The van der Waals surface area contributed by atoms with E-state index in [0.717, 1.165) is 12.8 Å². The highest BCUT2D eigenvalue weighted by Crippen LogP contribution is 2.79. The predicted molar refractivity (Wildman–Crippen MR) is 104 cm³/mol. The summed E-state index contributed by atoms with van der Waals surface area (Å²) in [5.41, 5.74) is 0.105. The predicted octanol–water partition coefficient (Wildman–Crippen LogP) is 3.06. The van der Waals surface area contributed by atoms with Crippen LogP contribution in [0.4, 0.5) is 4.79 Å². The average Bonchev–Trinajstić information content (AvgIpc) is 3.51. The molecule has 0 bridgehead atoms. The lowest BCUT2D eigenvalue weighted by atomic mass is 10.2. The van der Waals surface area contributed by atoms with Crippen LogP contribution in [0, 0.1) is 0 Å². The van der Waals surface area contributed by atoms with Crippen LogP contribution in [0.1, 0.15) is 30.3 Å². The maximum Gasteiger partial charge on any atom is 0.514 e. The number of nitrogens with zero attached hydrogens (tertiary/aromatic N) is 1. The molecule has 2 unspecified atom stereocenters. The molecule has 2 atom stereocenters. The van der Waals surface area contributed by atoms with Crippen molar-refractivity contribution in [2.24, 2.45) is 0 Å². The largest absolute Gasteiger partial charge is 0.514 e. The fourth-order valence-corrected chi connectivity index (χ4v) is 6.46. The molecule has 1 aromatic heterocycles. The normalized spacial score (nSPS) is 32.9. The van der Waals surface area contributed by atoms with Gasteiger partial charge in [-0.05, 0) is 30.5 Å². The van der Waals surface area contributed by atoms with Crippen LogP contribution in [0.5, 0.6) is 5.75 Å². The van der Waals surface area contributed by atoms with E-state index in [0.29, 0.717) is 0 Å². The lowest BCUT2D eigenvalue weighted by Gasteiger charge is -2.41. The first-order valence-corrected chi connectivity index (χ1v) is 12.4. The molecular weight excluding hydrogens is 452 g/mol. The minimum absolute atomic E-state index is 0.109. The molecule has 1 saturated heterocycles. The molecule has 1 saturated carbocycles. The first-order valence-electron chi connectivity index (χ1n) is 9.22. The van der Waals surface area contributed by atoms with Crippen LogP contribution in [0.2, 0.25) is 0 Å². The number of aromatic nitrogens is 1. The Morgan fingerprint density at radius 3 is 2.42 bits per heavy atom. The minimum atomic E-state index is -5.17. The van der Waals surface area contributed by atoms with Gasteiger partial charge in [-0.1, -0.05) is 24.3 Å². The van der Waals surface area contributed by atoms with Crippen LogP contribution < -0.4 is 4.74 Å². The molecule has 2 aliphatic rings. The number of carbonyl (C=O) groups is 1. The second kappa shape index (κ2) is 8.11. The third-order valence-electron chi connectivity index (χ3n) is 4.70. The van der Waals surface area contributed by atoms with Gasteiger partial charge < -0.3 is 24.4 Å². The topological polar surface area (TPSA) is 162 Å². The maximum absolute atomic E-state index is 12.9. The molecule has 13 heteroatoms. The van der Waals surface area contributed by atoms with Crippen molar-refractivity contribution in [1.82, 2.24) is 4.98 Å². The highest BCUT2D eigenvalue weighted by molar-refractivity contribution is 7.73. The quantitative estimate of drug-likeness (QED) is 0.334. The van der Waals surface area contributed by atoms with Crippen LogP contribution in [0.25, 0.3) is 0 Å². The Balaban J connectivity index is 1.61.